The molecule has 1 heterocycles. The lowest BCUT2D eigenvalue weighted by molar-refractivity contribution is -0.385. The topological polar surface area (TPSA) is 73.8 Å². The summed E-state index contributed by atoms with van der Waals surface area (Å²) in [5, 5.41) is 14.6. The molecule has 0 aliphatic heterocycles. The average molecular weight is 330 g/mol. The maximum absolute atomic E-state index is 10.6. The summed E-state index contributed by atoms with van der Waals surface area (Å²) in [6, 6.07) is 5.01. The van der Waals surface area contributed by atoms with Crippen molar-refractivity contribution in [3.05, 3.63) is 50.1 Å². The van der Waals surface area contributed by atoms with E-state index in [-0.39, 0.29) is 10.6 Å². The van der Waals surface area contributed by atoms with Crippen molar-refractivity contribution in [1.29, 1.82) is 0 Å². The standard InChI is InChI=1S/C9H7IN4O2/c10-8-3-7(1-2-9(8)14(15)16)4-13-6-11-5-12-13/h1-3,5-6H,4H2. The molecule has 2 rings (SSSR count). The first-order valence-electron chi connectivity index (χ1n) is 4.42. The maximum Gasteiger partial charge on any atom is 0.282 e. The fourth-order valence-electron chi connectivity index (χ4n) is 1.30. The second-order valence-corrected chi connectivity index (χ2v) is 4.30. The number of aromatic nitrogens is 3. The van der Waals surface area contributed by atoms with Gasteiger partial charge in [0.1, 0.15) is 12.7 Å². The Kier molecular flexibility index (Phi) is 3.13. The average Bonchev–Trinajstić information content (AvgIpc) is 2.70. The van der Waals surface area contributed by atoms with Crippen molar-refractivity contribution >= 4 is 28.3 Å². The first-order valence-corrected chi connectivity index (χ1v) is 5.50. The van der Waals surface area contributed by atoms with E-state index in [9.17, 15) is 10.1 Å². The molecule has 1 aromatic carbocycles. The number of nitrogens with zero attached hydrogens (tertiary/aromatic N) is 4. The predicted molar refractivity (Wildman–Crippen MR) is 64.9 cm³/mol. The molecular weight excluding hydrogens is 323 g/mol. The first-order chi connectivity index (χ1) is 7.66. The van der Waals surface area contributed by atoms with E-state index in [1.165, 1.54) is 12.4 Å². The minimum atomic E-state index is -0.388. The molecule has 0 aliphatic rings. The van der Waals surface area contributed by atoms with Crippen LogP contribution in [-0.4, -0.2) is 19.7 Å². The van der Waals surface area contributed by atoms with Crippen LogP contribution < -0.4 is 0 Å². The van der Waals surface area contributed by atoms with Crippen LogP contribution in [0.3, 0.4) is 0 Å². The van der Waals surface area contributed by atoms with Gasteiger partial charge in [-0.25, -0.2) is 9.67 Å². The van der Waals surface area contributed by atoms with E-state index in [1.807, 2.05) is 22.6 Å². The summed E-state index contributed by atoms with van der Waals surface area (Å²) in [5.41, 5.74) is 1.09. The molecular formula is C9H7IN4O2. The number of nitro benzene ring substituents is 1. The fraction of sp³-hybridized carbons (Fsp3) is 0.111. The van der Waals surface area contributed by atoms with Gasteiger partial charge in [-0.15, -0.1) is 0 Å². The smallest absolute Gasteiger partial charge is 0.258 e. The lowest BCUT2D eigenvalue weighted by atomic mass is 10.2. The summed E-state index contributed by atoms with van der Waals surface area (Å²) in [7, 11) is 0. The Morgan fingerprint density at radius 3 is 2.88 bits per heavy atom. The van der Waals surface area contributed by atoms with E-state index in [1.54, 1.807) is 23.1 Å². The molecule has 0 saturated heterocycles. The van der Waals surface area contributed by atoms with E-state index < -0.39 is 0 Å². The normalized spacial score (nSPS) is 10.3. The number of rotatable bonds is 3. The van der Waals surface area contributed by atoms with Gasteiger partial charge in [0.25, 0.3) is 5.69 Å². The van der Waals surface area contributed by atoms with Crippen LogP contribution in [0.1, 0.15) is 5.56 Å². The van der Waals surface area contributed by atoms with Crippen LogP contribution in [0.25, 0.3) is 0 Å². The molecule has 16 heavy (non-hydrogen) atoms. The molecule has 6 nitrogen and oxygen atoms in total. The van der Waals surface area contributed by atoms with Crippen molar-refractivity contribution in [3.63, 3.8) is 0 Å². The highest BCUT2D eigenvalue weighted by molar-refractivity contribution is 14.1. The predicted octanol–water partition coefficient (Wildman–Crippen LogP) is 1.84. The zero-order valence-corrected chi connectivity index (χ0v) is 10.2. The van der Waals surface area contributed by atoms with Crippen LogP contribution >= 0.6 is 22.6 Å². The van der Waals surface area contributed by atoms with Gasteiger partial charge in [0.15, 0.2) is 0 Å². The van der Waals surface area contributed by atoms with Crippen molar-refractivity contribution < 1.29 is 4.92 Å². The number of hydrogen-bond donors (Lipinski definition) is 0. The third-order valence-electron chi connectivity index (χ3n) is 2.02. The van der Waals surface area contributed by atoms with Crippen LogP contribution in [0.5, 0.6) is 0 Å². The molecule has 2 aromatic rings. The summed E-state index contributed by atoms with van der Waals surface area (Å²) in [6.45, 7) is 0.563. The van der Waals surface area contributed by atoms with Gasteiger partial charge >= 0.3 is 0 Å². The van der Waals surface area contributed by atoms with Gasteiger partial charge in [-0.05, 0) is 34.2 Å². The third kappa shape index (κ3) is 2.35. The molecule has 0 radical (unpaired) electrons. The Bertz CT molecular complexity index is 512. The van der Waals surface area contributed by atoms with E-state index >= 15 is 0 Å². The van der Waals surface area contributed by atoms with E-state index in [4.69, 9.17) is 0 Å². The summed E-state index contributed by atoms with van der Waals surface area (Å²) in [4.78, 5) is 14.1. The van der Waals surface area contributed by atoms with Crippen LogP contribution in [0.4, 0.5) is 5.69 Å². The van der Waals surface area contributed by atoms with Gasteiger partial charge in [-0.2, -0.15) is 5.10 Å². The molecule has 0 amide bonds. The Morgan fingerprint density at radius 2 is 2.31 bits per heavy atom. The quantitative estimate of drug-likeness (QED) is 0.489. The van der Waals surface area contributed by atoms with E-state index in [0.29, 0.717) is 10.1 Å². The maximum atomic E-state index is 10.6. The summed E-state index contributed by atoms with van der Waals surface area (Å²) < 4.78 is 2.29. The largest absolute Gasteiger partial charge is 0.282 e. The summed E-state index contributed by atoms with van der Waals surface area (Å²) in [5.74, 6) is 0. The number of benzene rings is 1. The minimum absolute atomic E-state index is 0.128. The first kappa shape index (κ1) is 11.0. The summed E-state index contributed by atoms with van der Waals surface area (Å²) in [6.07, 6.45) is 3.06. The molecule has 0 bridgehead atoms. The molecule has 7 heteroatoms. The van der Waals surface area contributed by atoms with Gasteiger partial charge in [0, 0.05) is 6.07 Å². The lowest BCUT2D eigenvalue weighted by Gasteiger charge is -2.02. The molecule has 0 aliphatic carbocycles. The number of halogens is 1. The molecule has 0 atom stereocenters. The summed E-state index contributed by atoms with van der Waals surface area (Å²) >= 11 is 1.96. The van der Waals surface area contributed by atoms with Gasteiger partial charge in [0.05, 0.1) is 15.0 Å². The SMILES string of the molecule is O=[N+]([O-])c1ccc(Cn2cncn2)cc1I. The van der Waals surface area contributed by atoms with E-state index in [0.717, 1.165) is 5.56 Å². The van der Waals surface area contributed by atoms with Crippen LogP contribution in [-0.2, 0) is 6.54 Å². The third-order valence-corrected chi connectivity index (χ3v) is 2.88. The minimum Gasteiger partial charge on any atom is -0.258 e. The highest BCUT2D eigenvalue weighted by atomic mass is 127. The van der Waals surface area contributed by atoms with Gasteiger partial charge in [-0.3, -0.25) is 10.1 Å². The Labute approximate surface area is 105 Å². The Morgan fingerprint density at radius 1 is 1.50 bits per heavy atom. The number of hydrogen-bond acceptors (Lipinski definition) is 4. The monoisotopic (exact) mass is 330 g/mol. The lowest BCUT2D eigenvalue weighted by Crippen LogP contribution is -2.01. The van der Waals surface area contributed by atoms with Crippen molar-refractivity contribution in [2.75, 3.05) is 0 Å². The molecule has 1 aromatic heterocycles. The second kappa shape index (κ2) is 4.56. The fourth-order valence-corrected chi connectivity index (χ4v) is 2.07. The molecule has 0 N–H and O–H groups in total. The Balaban J connectivity index is 2.24. The Hall–Kier alpha value is -1.51. The van der Waals surface area contributed by atoms with Crippen molar-refractivity contribution in [3.8, 4) is 0 Å². The molecule has 0 saturated carbocycles. The molecule has 0 spiro atoms. The van der Waals surface area contributed by atoms with Crippen molar-refractivity contribution in [2.45, 2.75) is 6.54 Å². The molecule has 0 unspecified atom stereocenters. The van der Waals surface area contributed by atoms with Gasteiger partial charge < -0.3 is 0 Å². The highest BCUT2D eigenvalue weighted by Crippen LogP contribution is 2.21. The number of nitro groups is 1. The molecule has 0 fully saturated rings. The van der Waals surface area contributed by atoms with Gasteiger partial charge in [-0.1, -0.05) is 6.07 Å². The van der Waals surface area contributed by atoms with Crippen molar-refractivity contribution in [1.82, 2.24) is 14.8 Å². The molecule has 82 valence electrons. The highest BCUT2D eigenvalue weighted by Gasteiger charge is 2.11. The zero-order chi connectivity index (χ0) is 11.5. The van der Waals surface area contributed by atoms with Crippen LogP contribution in [0, 0.1) is 13.7 Å². The van der Waals surface area contributed by atoms with Gasteiger partial charge in [0.2, 0.25) is 0 Å². The zero-order valence-electron chi connectivity index (χ0n) is 8.08. The van der Waals surface area contributed by atoms with Crippen LogP contribution in [0.15, 0.2) is 30.9 Å². The van der Waals surface area contributed by atoms with Crippen LogP contribution in [0.2, 0.25) is 0 Å². The second-order valence-electron chi connectivity index (χ2n) is 3.14. The van der Waals surface area contributed by atoms with Crippen molar-refractivity contribution in [2.24, 2.45) is 0 Å². The van der Waals surface area contributed by atoms with E-state index in [2.05, 4.69) is 10.1 Å².